The largest absolute Gasteiger partial charge is 0.481 e. The molecule has 3 rings (SSSR count). The van der Waals surface area contributed by atoms with E-state index in [9.17, 15) is 9.59 Å². The summed E-state index contributed by atoms with van der Waals surface area (Å²) in [5.41, 5.74) is 4.41. The molecule has 0 aliphatic carbocycles. The Morgan fingerprint density at radius 1 is 1.36 bits per heavy atom. The number of fused-ring (bicyclic) bond motifs is 2. The van der Waals surface area contributed by atoms with E-state index >= 15 is 0 Å². The molecule has 2 aliphatic rings. The van der Waals surface area contributed by atoms with Gasteiger partial charge in [0, 0.05) is 16.6 Å². The molecule has 0 aromatic heterocycles. The molecule has 0 saturated carbocycles. The first kappa shape index (κ1) is 20.5. The summed E-state index contributed by atoms with van der Waals surface area (Å²) in [5.74, 6) is -1.28. The van der Waals surface area contributed by atoms with E-state index in [4.69, 9.17) is 14.7 Å². The molecule has 1 fully saturated rings. The zero-order valence-electron chi connectivity index (χ0n) is 16.1. The van der Waals surface area contributed by atoms with Crippen LogP contribution in [0.25, 0.3) is 5.57 Å². The maximum Gasteiger partial charge on any atom is 0.311 e. The van der Waals surface area contributed by atoms with Crippen LogP contribution in [0.3, 0.4) is 0 Å². The zero-order chi connectivity index (χ0) is 20.1. The molecule has 2 bridgehead atoms. The van der Waals surface area contributed by atoms with Gasteiger partial charge in [-0.1, -0.05) is 18.1 Å². The molecular weight excluding hydrogens is 378 g/mol. The Morgan fingerprint density at radius 2 is 2.18 bits per heavy atom. The number of hydrogen-bond acceptors (Lipinski definition) is 6. The predicted molar refractivity (Wildman–Crippen MR) is 108 cm³/mol. The van der Waals surface area contributed by atoms with E-state index in [0.29, 0.717) is 16.2 Å². The number of carboxylic acid groups (broad SMARTS) is 1. The van der Waals surface area contributed by atoms with Crippen LogP contribution in [-0.4, -0.2) is 40.4 Å². The van der Waals surface area contributed by atoms with Crippen molar-refractivity contribution in [3.63, 3.8) is 0 Å². The van der Waals surface area contributed by atoms with Crippen molar-refractivity contribution in [2.24, 2.45) is 5.16 Å². The highest BCUT2D eigenvalue weighted by molar-refractivity contribution is 8.01. The van der Waals surface area contributed by atoms with Crippen LogP contribution in [0.15, 0.2) is 28.9 Å². The smallest absolute Gasteiger partial charge is 0.311 e. The van der Waals surface area contributed by atoms with Gasteiger partial charge >= 0.3 is 11.9 Å². The van der Waals surface area contributed by atoms with Gasteiger partial charge in [-0.15, -0.1) is 11.8 Å². The quantitative estimate of drug-likeness (QED) is 0.305. The first-order valence-corrected chi connectivity index (χ1v) is 10.4. The van der Waals surface area contributed by atoms with Gasteiger partial charge < -0.3 is 14.7 Å². The fourth-order valence-corrected chi connectivity index (χ4v) is 5.41. The Balaban J connectivity index is 1.90. The summed E-state index contributed by atoms with van der Waals surface area (Å²) in [6, 6.07) is 8.43. The van der Waals surface area contributed by atoms with Crippen molar-refractivity contribution in [1.29, 1.82) is 0 Å². The van der Waals surface area contributed by atoms with Crippen molar-refractivity contribution >= 4 is 35.0 Å². The normalized spacial score (nSPS) is 21.6. The van der Waals surface area contributed by atoms with Gasteiger partial charge in [-0.25, -0.2) is 0 Å². The van der Waals surface area contributed by atoms with E-state index in [2.05, 4.69) is 18.1 Å². The van der Waals surface area contributed by atoms with Gasteiger partial charge in [-0.3, -0.25) is 9.59 Å². The summed E-state index contributed by atoms with van der Waals surface area (Å²) >= 11 is 2.01. The molecule has 7 heteroatoms. The molecule has 1 radical (unpaired) electrons. The van der Waals surface area contributed by atoms with Crippen molar-refractivity contribution < 1.29 is 24.3 Å². The van der Waals surface area contributed by atoms with Crippen LogP contribution in [0.4, 0.5) is 0 Å². The molecule has 2 aliphatic heterocycles. The van der Waals surface area contributed by atoms with E-state index in [1.54, 1.807) is 13.2 Å². The van der Waals surface area contributed by atoms with Gasteiger partial charge in [0.05, 0.1) is 18.6 Å². The molecule has 1 saturated heterocycles. The third kappa shape index (κ3) is 4.76. The first-order chi connectivity index (χ1) is 13.5. The topological polar surface area (TPSA) is 85.2 Å². The van der Waals surface area contributed by atoms with Crippen molar-refractivity contribution in [2.75, 3.05) is 7.11 Å². The minimum absolute atomic E-state index is 0.164. The number of ether oxygens (including phenoxy) is 1. The summed E-state index contributed by atoms with van der Waals surface area (Å²) in [6.07, 6.45) is 3.62. The number of carbonyl (C=O) groups is 2. The minimum atomic E-state index is -1.02. The highest BCUT2D eigenvalue weighted by Gasteiger charge is 2.37. The number of nitrogens with zero attached hydrogens (tertiary/aromatic N) is 1. The van der Waals surface area contributed by atoms with Gasteiger partial charge in [-0.2, -0.15) is 0 Å². The lowest BCUT2D eigenvalue weighted by molar-refractivity contribution is -0.142. The van der Waals surface area contributed by atoms with Crippen molar-refractivity contribution in [3.05, 3.63) is 35.4 Å². The Labute approximate surface area is 169 Å². The van der Waals surface area contributed by atoms with Crippen molar-refractivity contribution in [3.8, 4) is 5.75 Å². The second-order valence-electron chi connectivity index (χ2n) is 6.80. The van der Waals surface area contributed by atoms with Gasteiger partial charge in [0.15, 0.2) is 0 Å². The first-order valence-electron chi connectivity index (χ1n) is 9.45. The van der Waals surface area contributed by atoms with Crippen LogP contribution in [0, 0.1) is 6.07 Å². The van der Waals surface area contributed by atoms with Gasteiger partial charge in [0.25, 0.3) is 0 Å². The fraction of sp³-hybridized carbons (Fsp3) is 0.476. The van der Waals surface area contributed by atoms with Crippen LogP contribution < -0.4 is 4.74 Å². The van der Waals surface area contributed by atoms with E-state index in [1.165, 1.54) is 17.6 Å². The average Bonchev–Trinajstić information content (AvgIpc) is 3.06. The van der Waals surface area contributed by atoms with Crippen LogP contribution in [0.2, 0.25) is 0 Å². The van der Waals surface area contributed by atoms with Crippen LogP contribution >= 0.6 is 11.8 Å². The molecule has 6 nitrogen and oxygen atoms in total. The monoisotopic (exact) mass is 402 g/mol. The highest BCUT2D eigenvalue weighted by atomic mass is 32.2. The maximum absolute atomic E-state index is 11.9. The summed E-state index contributed by atoms with van der Waals surface area (Å²) in [5, 5.41) is 14.0. The van der Waals surface area contributed by atoms with Gasteiger partial charge in [0.1, 0.15) is 12.9 Å². The van der Waals surface area contributed by atoms with E-state index in [-0.39, 0.29) is 12.8 Å². The van der Waals surface area contributed by atoms with Gasteiger partial charge in [0.2, 0.25) is 0 Å². The predicted octanol–water partition coefficient (Wildman–Crippen LogP) is 4.09. The number of hydrogen-bond donors (Lipinski definition) is 1. The number of esters is 1. The van der Waals surface area contributed by atoms with Crippen molar-refractivity contribution in [2.45, 2.75) is 55.9 Å². The third-order valence-electron chi connectivity index (χ3n) is 4.92. The van der Waals surface area contributed by atoms with E-state index in [0.717, 1.165) is 30.5 Å². The Morgan fingerprint density at radius 3 is 2.89 bits per heavy atom. The van der Waals surface area contributed by atoms with E-state index < -0.39 is 11.9 Å². The molecular formula is C21H24NO5S. The second kappa shape index (κ2) is 9.28. The zero-order valence-corrected chi connectivity index (χ0v) is 16.9. The number of allylic oxidation sites excluding steroid dienone is 1. The molecule has 2 atom stereocenters. The summed E-state index contributed by atoms with van der Waals surface area (Å²) < 4.78 is 5.29. The third-order valence-corrected chi connectivity index (χ3v) is 6.51. The minimum Gasteiger partial charge on any atom is -0.481 e. The number of rotatable bonds is 8. The van der Waals surface area contributed by atoms with E-state index in [1.807, 2.05) is 23.9 Å². The average molecular weight is 402 g/mol. The molecule has 1 aromatic carbocycles. The Kier molecular flexibility index (Phi) is 6.78. The lowest BCUT2D eigenvalue weighted by Gasteiger charge is -2.27. The summed E-state index contributed by atoms with van der Waals surface area (Å²) in [7, 11) is 1.56. The lowest BCUT2D eigenvalue weighted by atomic mass is 9.91. The highest BCUT2D eigenvalue weighted by Crippen LogP contribution is 2.50. The molecule has 149 valence electrons. The number of carbonyl (C=O) groups excluding carboxylic acids is 1. The number of carboxylic acids is 1. The molecule has 1 unspecified atom stereocenters. The molecule has 0 spiro atoms. The Bertz CT molecular complexity index is 817. The number of aliphatic carboxylic acids is 1. The molecule has 0 amide bonds. The SMILES string of the molecule is CCC(=NOC)C1=C(c2cc[c]c(OC(=O)CCC(=O)O)c2)CC2CC[C@@H]1S2. The summed E-state index contributed by atoms with van der Waals surface area (Å²) in [4.78, 5) is 27.6. The molecule has 1 aromatic rings. The maximum atomic E-state index is 11.9. The molecule has 28 heavy (non-hydrogen) atoms. The Hall–Kier alpha value is -2.28. The van der Waals surface area contributed by atoms with Crippen LogP contribution in [0.5, 0.6) is 5.75 Å². The number of thioether (sulfide) groups is 1. The van der Waals surface area contributed by atoms with Crippen LogP contribution in [0.1, 0.15) is 51.0 Å². The summed E-state index contributed by atoms with van der Waals surface area (Å²) in [6.45, 7) is 2.07. The fourth-order valence-electron chi connectivity index (χ4n) is 3.72. The molecule has 2 heterocycles. The van der Waals surface area contributed by atoms with Gasteiger partial charge in [-0.05, 0) is 54.5 Å². The number of oxime groups is 1. The second-order valence-corrected chi connectivity index (χ2v) is 8.31. The van der Waals surface area contributed by atoms with Crippen molar-refractivity contribution in [1.82, 2.24) is 0 Å². The standard InChI is InChI=1S/C21H24NO5S/c1-3-17(22-26-2)21-16(12-15-7-8-18(21)28-15)13-5-4-6-14(11-13)27-20(25)10-9-19(23)24/h4-5,11,15,18H,3,7-10,12H2,1-2H3,(H,23,24)/t15?,18-/m0/s1. The van der Waals surface area contributed by atoms with Crippen LogP contribution in [-0.2, 0) is 14.4 Å². The lowest BCUT2D eigenvalue weighted by Crippen LogP contribution is -2.19. The molecule has 1 N–H and O–H groups in total. The number of benzene rings is 1.